The third-order valence-corrected chi connectivity index (χ3v) is 2.49. The number of hydrogen-bond acceptors (Lipinski definition) is 3. The summed E-state index contributed by atoms with van der Waals surface area (Å²) in [6.07, 6.45) is 0.227. The van der Waals surface area contributed by atoms with Crippen LogP contribution in [0.3, 0.4) is 0 Å². The monoisotopic (exact) mass is 284 g/mol. The summed E-state index contributed by atoms with van der Waals surface area (Å²) in [7, 11) is 0. The quantitative estimate of drug-likeness (QED) is 0.756. The second kappa shape index (κ2) is 3.34. The lowest BCUT2D eigenvalue weighted by molar-refractivity contribution is 0.547. The highest BCUT2D eigenvalue weighted by Gasteiger charge is 2.06. The molecule has 0 radical (unpaired) electrons. The zero-order valence-corrected chi connectivity index (χ0v) is 8.78. The normalized spacial score (nSPS) is 10.2. The molecule has 1 aromatic heterocycles. The van der Waals surface area contributed by atoms with Crippen molar-refractivity contribution in [3.8, 4) is 6.07 Å². The molecule has 2 aromatic rings. The van der Waals surface area contributed by atoms with Crippen molar-refractivity contribution in [2.24, 2.45) is 0 Å². The Morgan fingerprint density at radius 2 is 2.38 bits per heavy atom. The van der Waals surface area contributed by atoms with Gasteiger partial charge in [-0.3, -0.25) is 0 Å². The van der Waals surface area contributed by atoms with E-state index in [0.717, 1.165) is 14.7 Å². The van der Waals surface area contributed by atoms with E-state index in [9.17, 15) is 0 Å². The van der Waals surface area contributed by atoms with Crippen molar-refractivity contribution in [1.82, 2.24) is 4.98 Å². The number of rotatable bonds is 1. The summed E-state index contributed by atoms with van der Waals surface area (Å²) in [5, 5.41) is 8.46. The Balaban J connectivity index is 2.63. The van der Waals surface area contributed by atoms with Crippen LogP contribution in [0.25, 0.3) is 11.1 Å². The van der Waals surface area contributed by atoms with Gasteiger partial charge in [0.1, 0.15) is 11.9 Å². The first kappa shape index (κ1) is 8.51. The molecule has 0 amide bonds. The molecule has 0 aliphatic rings. The zero-order chi connectivity index (χ0) is 9.26. The molecule has 0 spiro atoms. The van der Waals surface area contributed by atoms with Gasteiger partial charge in [-0.1, -0.05) is 6.07 Å². The second-order valence-electron chi connectivity index (χ2n) is 2.53. The van der Waals surface area contributed by atoms with Gasteiger partial charge in [0.05, 0.1) is 9.64 Å². The lowest BCUT2D eigenvalue weighted by Crippen LogP contribution is -1.77. The van der Waals surface area contributed by atoms with E-state index in [2.05, 4.69) is 27.6 Å². The van der Waals surface area contributed by atoms with Crippen LogP contribution in [0.1, 0.15) is 5.89 Å². The van der Waals surface area contributed by atoms with Gasteiger partial charge in [-0.2, -0.15) is 5.26 Å². The molecule has 1 aromatic carbocycles. The van der Waals surface area contributed by atoms with Crippen LogP contribution in [-0.2, 0) is 6.42 Å². The van der Waals surface area contributed by atoms with E-state index in [-0.39, 0.29) is 6.42 Å². The number of halogens is 1. The molecule has 0 saturated carbocycles. The fourth-order valence-corrected chi connectivity index (χ4v) is 1.70. The maximum Gasteiger partial charge on any atom is 0.209 e. The van der Waals surface area contributed by atoms with Crippen LogP contribution >= 0.6 is 22.6 Å². The maximum absolute atomic E-state index is 8.46. The summed E-state index contributed by atoms with van der Waals surface area (Å²) >= 11 is 2.18. The predicted molar refractivity (Wildman–Crippen MR) is 56.0 cm³/mol. The Hall–Kier alpha value is -1.09. The Labute approximate surface area is 88.5 Å². The third-order valence-electron chi connectivity index (χ3n) is 1.64. The Morgan fingerprint density at radius 3 is 3.08 bits per heavy atom. The number of fused-ring (bicyclic) bond motifs is 1. The average molecular weight is 284 g/mol. The summed E-state index contributed by atoms with van der Waals surface area (Å²) in [5.74, 6) is 0.488. The van der Waals surface area contributed by atoms with Crippen LogP contribution < -0.4 is 0 Å². The van der Waals surface area contributed by atoms with Gasteiger partial charge in [0.15, 0.2) is 5.58 Å². The Kier molecular flexibility index (Phi) is 2.19. The van der Waals surface area contributed by atoms with Crippen LogP contribution in [0, 0.1) is 14.9 Å². The van der Waals surface area contributed by atoms with Gasteiger partial charge in [0.25, 0.3) is 0 Å². The highest BCUT2D eigenvalue weighted by atomic mass is 127. The number of aromatic nitrogens is 1. The largest absolute Gasteiger partial charge is 0.438 e. The molecule has 4 heteroatoms. The standard InChI is InChI=1S/C9H5IN2O/c10-6-2-1-3-7-9(6)13-8(12-7)4-5-11/h1-3H,4H2. The molecule has 0 aliphatic carbocycles. The molecule has 0 unspecified atom stereocenters. The highest BCUT2D eigenvalue weighted by molar-refractivity contribution is 14.1. The minimum Gasteiger partial charge on any atom is -0.438 e. The van der Waals surface area contributed by atoms with E-state index in [1.54, 1.807) is 0 Å². The third kappa shape index (κ3) is 1.52. The minimum absolute atomic E-state index is 0.227. The van der Waals surface area contributed by atoms with Gasteiger partial charge in [0.2, 0.25) is 5.89 Å². The minimum atomic E-state index is 0.227. The zero-order valence-electron chi connectivity index (χ0n) is 6.62. The van der Waals surface area contributed by atoms with E-state index >= 15 is 0 Å². The summed E-state index contributed by atoms with van der Waals surface area (Å²) < 4.78 is 6.42. The van der Waals surface area contributed by atoms with Crippen LogP contribution in [0.5, 0.6) is 0 Å². The number of para-hydroxylation sites is 1. The Bertz CT molecular complexity index is 484. The maximum atomic E-state index is 8.46. The number of hydrogen-bond donors (Lipinski definition) is 0. The van der Waals surface area contributed by atoms with Crippen LogP contribution in [0.2, 0.25) is 0 Å². The van der Waals surface area contributed by atoms with E-state index in [1.165, 1.54) is 0 Å². The van der Waals surface area contributed by atoms with Gasteiger partial charge < -0.3 is 4.42 Å². The first-order valence-corrected chi connectivity index (χ1v) is 4.80. The summed E-state index contributed by atoms with van der Waals surface area (Å²) in [5.41, 5.74) is 1.59. The molecule has 0 bridgehead atoms. The van der Waals surface area contributed by atoms with Crippen molar-refractivity contribution in [3.05, 3.63) is 27.7 Å². The van der Waals surface area contributed by atoms with Gasteiger partial charge >= 0.3 is 0 Å². The summed E-state index contributed by atoms with van der Waals surface area (Å²) in [4.78, 5) is 4.17. The smallest absolute Gasteiger partial charge is 0.209 e. The predicted octanol–water partition coefficient (Wildman–Crippen LogP) is 2.50. The van der Waals surface area contributed by atoms with Gasteiger partial charge in [0, 0.05) is 0 Å². The lowest BCUT2D eigenvalue weighted by Gasteiger charge is -1.87. The number of oxazole rings is 1. The first-order chi connectivity index (χ1) is 6.31. The Morgan fingerprint density at radius 1 is 1.54 bits per heavy atom. The lowest BCUT2D eigenvalue weighted by atomic mass is 10.3. The van der Waals surface area contributed by atoms with Gasteiger partial charge in [-0.05, 0) is 34.7 Å². The van der Waals surface area contributed by atoms with E-state index < -0.39 is 0 Å². The molecule has 13 heavy (non-hydrogen) atoms. The first-order valence-electron chi connectivity index (χ1n) is 3.72. The fraction of sp³-hybridized carbons (Fsp3) is 0.111. The molecular formula is C9H5IN2O. The second-order valence-corrected chi connectivity index (χ2v) is 3.69. The number of nitrogens with zero attached hydrogens (tertiary/aromatic N) is 2. The van der Waals surface area contributed by atoms with Gasteiger partial charge in [-0.15, -0.1) is 0 Å². The molecule has 64 valence electrons. The van der Waals surface area contributed by atoms with Crippen molar-refractivity contribution in [2.45, 2.75) is 6.42 Å². The molecule has 3 nitrogen and oxygen atoms in total. The van der Waals surface area contributed by atoms with Crippen molar-refractivity contribution in [3.63, 3.8) is 0 Å². The van der Waals surface area contributed by atoms with E-state index in [1.807, 2.05) is 24.3 Å². The molecule has 0 atom stereocenters. The summed E-state index contributed by atoms with van der Waals surface area (Å²) in [6.45, 7) is 0. The van der Waals surface area contributed by atoms with Crippen LogP contribution in [-0.4, -0.2) is 4.98 Å². The molecule has 1 heterocycles. The van der Waals surface area contributed by atoms with Crippen LogP contribution in [0.15, 0.2) is 22.6 Å². The van der Waals surface area contributed by atoms with E-state index in [0.29, 0.717) is 5.89 Å². The molecule has 0 N–H and O–H groups in total. The van der Waals surface area contributed by atoms with Gasteiger partial charge in [-0.25, -0.2) is 4.98 Å². The molecule has 0 saturated heterocycles. The average Bonchev–Trinajstić information content (AvgIpc) is 2.49. The highest BCUT2D eigenvalue weighted by Crippen LogP contribution is 2.21. The van der Waals surface area contributed by atoms with Crippen LogP contribution in [0.4, 0.5) is 0 Å². The fourth-order valence-electron chi connectivity index (χ4n) is 1.10. The van der Waals surface area contributed by atoms with Crippen molar-refractivity contribution in [2.75, 3.05) is 0 Å². The molecule has 0 fully saturated rings. The van der Waals surface area contributed by atoms with E-state index in [4.69, 9.17) is 9.68 Å². The molecular weight excluding hydrogens is 279 g/mol. The van der Waals surface area contributed by atoms with Crippen molar-refractivity contribution < 1.29 is 4.42 Å². The topological polar surface area (TPSA) is 49.8 Å². The number of benzene rings is 1. The van der Waals surface area contributed by atoms with Crippen molar-refractivity contribution >= 4 is 33.7 Å². The number of nitriles is 1. The summed E-state index contributed by atoms with van der Waals surface area (Å²) in [6, 6.07) is 7.75. The molecule has 0 aliphatic heterocycles. The molecule has 2 rings (SSSR count). The SMILES string of the molecule is N#CCc1nc2cccc(I)c2o1. The van der Waals surface area contributed by atoms with Crippen molar-refractivity contribution in [1.29, 1.82) is 5.26 Å².